The highest BCUT2D eigenvalue weighted by Crippen LogP contribution is 2.14. The van der Waals surface area contributed by atoms with Crippen LogP contribution in [0.15, 0.2) is 30.3 Å². The summed E-state index contributed by atoms with van der Waals surface area (Å²) in [6.07, 6.45) is 3.87. The van der Waals surface area contributed by atoms with E-state index in [0.717, 1.165) is 31.2 Å². The molecule has 0 radical (unpaired) electrons. The van der Waals surface area contributed by atoms with Gasteiger partial charge in [0.1, 0.15) is 5.60 Å². The normalized spacial score (nSPS) is 18.3. The minimum absolute atomic E-state index is 0.0314. The standard InChI is InChI=1S/C22H36N4O3/c1-5-6-12-19-17-25(24-21(28)29-22(2,3)4)15-16-26(19)23-20(27)14-13-18-10-8-7-9-11-18/h7-11,19H,5-6,12-17H2,1-4H3,(H,23,27)(H,24,28). The third-order valence-corrected chi connectivity index (χ3v) is 4.77. The summed E-state index contributed by atoms with van der Waals surface area (Å²) in [6.45, 7) is 9.63. The van der Waals surface area contributed by atoms with E-state index >= 15 is 0 Å². The highest BCUT2D eigenvalue weighted by molar-refractivity contribution is 5.75. The molecular formula is C22H36N4O3. The van der Waals surface area contributed by atoms with Crippen molar-refractivity contribution >= 4 is 12.0 Å². The van der Waals surface area contributed by atoms with E-state index in [9.17, 15) is 9.59 Å². The number of carbonyl (C=O) groups is 2. The number of piperazine rings is 1. The Labute approximate surface area is 174 Å². The first-order chi connectivity index (χ1) is 13.8. The van der Waals surface area contributed by atoms with Crippen LogP contribution in [0, 0.1) is 0 Å². The number of aryl methyl sites for hydroxylation is 1. The Kier molecular flexibility index (Phi) is 8.92. The molecule has 0 aliphatic carbocycles. The fourth-order valence-corrected chi connectivity index (χ4v) is 3.34. The van der Waals surface area contributed by atoms with Gasteiger partial charge in [-0.1, -0.05) is 50.1 Å². The van der Waals surface area contributed by atoms with Crippen molar-refractivity contribution in [1.82, 2.24) is 20.9 Å². The van der Waals surface area contributed by atoms with Gasteiger partial charge in [-0.25, -0.2) is 14.8 Å². The van der Waals surface area contributed by atoms with E-state index in [1.165, 1.54) is 0 Å². The van der Waals surface area contributed by atoms with E-state index < -0.39 is 11.7 Å². The third-order valence-electron chi connectivity index (χ3n) is 4.77. The Balaban J connectivity index is 1.85. The molecule has 1 unspecified atom stereocenters. The van der Waals surface area contributed by atoms with Gasteiger partial charge in [0, 0.05) is 32.1 Å². The van der Waals surface area contributed by atoms with Crippen LogP contribution in [-0.2, 0) is 16.0 Å². The van der Waals surface area contributed by atoms with Gasteiger partial charge in [-0.15, -0.1) is 0 Å². The lowest BCUT2D eigenvalue weighted by molar-refractivity contribution is -0.129. The van der Waals surface area contributed by atoms with Gasteiger partial charge in [-0.2, -0.15) is 0 Å². The lowest BCUT2D eigenvalue weighted by Gasteiger charge is -2.41. The van der Waals surface area contributed by atoms with Crippen LogP contribution in [0.1, 0.15) is 58.9 Å². The Bertz CT molecular complexity index is 645. The largest absolute Gasteiger partial charge is 0.443 e. The molecule has 1 atom stereocenters. The van der Waals surface area contributed by atoms with E-state index in [2.05, 4.69) is 17.8 Å². The van der Waals surface area contributed by atoms with Crippen molar-refractivity contribution in [1.29, 1.82) is 0 Å². The maximum absolute atomic E-state index is 12.5. The number of nitrogens with zero attached hydrogens (tertiary/aromatic N) is 2. The summed E-state index contributed by atoms with van der Waals surface area (Å²) in [6, 6.07) is 10.2. The number of hydrogen-bond acceptors (Lipinski definition) is 5. The highest BCUT2D eigenvalue weighted by Gasteiger charge is 2.29. The van der Waals surface area contributed by atoms with Gasteiger partial charge >= 0.3 is 6.09 Å². The number of benzene rings is 1. The molecule has 0 spiro atoms. The lowest BCUT2D eigenvalue weighted by atomic mass is 10.1. The molecule has 29 heavy (non-hydrogen) atoms. The maximum atomic E-state index is 12.5. The third kappa shape index (κ3) is 8.83. The molecule has 1 aromatic carbocycles. The number of hydrazine groups is 2. The molecule has 2 N–H and O–H groups in total. The lowest BCUT2D eigenvalue weighted by Crippen LogP contribution is -2.62. The van der Waals surface area contributed by atoms with Crippen LogP contribution >= 0.6 is 0 Å². The van der Waals surface area contributed by atoms with Crippen molar-refractivity contribution in [2.45, 2.75) is 71.4 Å². The molecule has 2 rings (SSSR count). The Morgan fingerprint density at radius 3 is 2.52 bits per heavy atom. The quantitative estimate of drug-likeness (QED) is 0.696. The summed E-state index contributed by atoms with van der Waals surface area (Å²) in [4.78, 5) is 24.5. The molecule has 1 aromatic rings. The van der Waals surface area contributed by atoms with E-state index in [1.807, 2.05) is 61.1 Å². The molecule has 2 amide bonds. The highest BCUT2D eigenvalue weighted by atomic mass is 16.6. The SMILES string of the molecule is CCCCC1CN(NC(=O)OC(C)(C)C)CCN1NC(=O)CCc1ccccc1. The minimum Gasteiger partial charge on any atom is -0.443 e. The fourth-order valence-electron chi connectivity index (χ4n) is 3.34. The number of nitrogens with one attached hydrogen (secondary N) is 2. The molecule has 1 heterocycles. The van der Waals surface area contributed by atoms with Gasteiger partial charge < -0.3 is 4.74 Å². The molecule has 7 heteroatoms. The molecule has 0 aromatic heterocycles. The number of hydrogen-bond donors (Lipinski definition) is 2. The molecule has 1 saturated heterocycles. The van der Waals surface area contributed by atoms with Crippen molar-refractivity contribution in [3.05, 3.63) is 35.9 Å². The first-order valence-electron chi connectivity index (χ1n) is 10.6. The van der Waals surface area contributed by atoms with Gasteiger partial charge in [0.15, 0.2) is 0 Å². The zero-order valence-corrected chi connectivity index (χ0v) is 18.2. The topological polar surface area (TPSA) is 73.9 Å². The zero-order chi connectivity index (χ0) is 21.3. The number of ether oxygens (including phenoxy) is 1. The van der Waals surface area contributed by atoms with Crippen LogP contribution in [0.5, 0.6) is 0 Å². The van der Waals surface area contributed by atoms with Crippen molar-refractivity contribution in [2.75, 3.05) is 19.6 Å². The molecule has 7 nitrogen and oxygen atoms in total. The van der Waals surface area contributed by atoms with Gasteiger partial charge in [-0.3, -0.25) is 15.6 Å². The minimum atomic E-state index is -0.528. The van der Waals surface area contributed by atoms with Gasteiger partial charge in [0.05, 0.1) is 0 Å². The summed E-state index contributed by atoms with van der Waals surface area (Å²) in [5.74, 6) is 0.0314. The second kappa shape index (κ2) is 11.2. The average Bonchev–Trinajstić information content (AvgIpc) is 2.65. The first kappa shape index (κ1) is 23.2. The maximum Gasteiger partial charge on any atom is 0.422 e. The van der Waals surface area contributed by atoms with E-state index in [4.69, 9.17) is 4.74 Å². The van der Waals surface area contributed by atoms with Crippen LogP contribution < -0.4 is 10.9 Å². The zero-order valence-electron chi connectivity index (χ0n) is 18.2. The van der Waals surface area contributed by atoms with Crippen molar-refractivity contribution in [2.24, 2.45) is 0 Å². The van der Waals surface area contributed by atoms with Crippen LogP contribution in [0.4, 0.5) is 4.79 Å². The van der Waals surface area contributed by atoms with Crippen LogP contribution in [0.3, 0.4) is 0 Å². The summed E-state index contributed by atoms with van der Waals surface area (Å²) >= 11 is 0. The fraction of sp³-hybridized carbons (Fsp3) is 0.636. The Morgan fingerprint density at radius 1 is 1.14 bits per heavy atom. The molecule has 0 bridgehead atoms. The van der Waals surface area contributed by atoms with Gasteiger partial charge in [0.2, 0.25) is 5.91 Å². The summed E-state index contributed by atoms with van der Waals surface area (Å²) in [5.41, 5.74) is 6.56. The molecule has 0 saturated carbocycles. The van der Waals surface area contributed by atoms with Crippen molar-refractivity contribution < 1.29 is 14.3 Å². The number of amides is 2. The van der Waals surface area contributed by atoms with E-state index in [0.29, 0.717) is 26.1 Å². The van der Waals surface area contributed by atoms with Crippen LogP contribution in [0.2, 0.25) is 0 Å². The van der Waals surface area contributed by atoms with Crippen LogP contribution in [0.25, 0.3) is 0 Å². The Hall–Kier alpha value is -2.12. The van der Waals surface area contributed by atoms with E-state index in [-0.39, 0.29) is 11.9 Å². The molecule has 1 aliphatic rings. The Morgan fingerprint density at radius 2 is 1.86 bits per heavy atom. The molecular weight excluding hydrogens is 368 g/mol. The first-order valence-corrected chi connectivity index (χ1v) is 10.6. The predicted molar refractivity (Wildman–Crippen MR) is 114 cm³/mol. The molecule has 162 valence electrons. The summed E-state index contributed by atoms with van der Waals surface area (Å²) < 4.78 is 5.35. The van der Waals surface area contributed by atoms with Crippen molar-refractivity contribution in [3.63, 3.8) is 0 Å². The van der Waals surface area contributed by atoms with Gasteiger partial charge in [-0.05, 0) is 39.2 Å². The van der Waals surface area contributed by atoms with E-state index in [1.54, 1.807) is 0 Å². The van der Waals surface area contributed by atoms with Crippen LogP contribution in [-0.4, -0.2) is 53.3 Å². The molecule has 1 aliphatic heterocycles. The molecule has 1 fully saturated rings. The summed E-state index contributed by atoms with van der Waals surface area (Å²) in [7, 11) is 0. The average molecular weight is 405 g/mol. The smallest absolute Gasteiger partial charge is 0.422 e. The monoisotopic (exact) mass is 404 g/mol. The second-order valence-electron chi connectivity index (χ2n) is 8.57. The number of unbranched alkanes of at least 4 members (excludes halogenated alkanes) is 1. The predicted octanol–water partition coefficient (Wildman–Crippen LogP) is 3.27. The number of rotatable bonds is 8. The second-order valence-corrected chi connectivity index (χ2v) is 8.57. The summed E-state index contributed by atoms with van der Waals surface area (Å²) in [5, 5.41) is 3.93. The van der Waals surface area contributed by atoms with Crippen molar-refractivity contribution in [3.8, 4) is 0 Å². The number of carbonyl (C=O) groups excluding carboxylic acids is 2. The van der Waals surface area contributed by atoms with Gasteiger partial charge in [0.25, 0.3) is 0 Å².